The van der Waals surface area contributed by atoms with Crippen LogP contribution in [0, 0.1) is 5.92 Å². The van der Waals surface area contributed by atoms with Gasteiger partial charge in [0.2, 0.25) is 0 Å². The van der Waals surface area contributed by atoms with Gasteiger partial charge in [-0.25, -0.2) is 0 Å². The standard InChI is InChI=1S/C16H30N2O/c1-2-7-16(8-3-1)14-18(10-4-9-17-16)13-15-5-11-19-12-6-15/h15,17H,1-14H2. The van der Waals surface area contributed by atoms with Gasteiger partial charge < -0.3 is 15.0 Å². The molecule has 3 heteroatoms. The van der Waals surface area contributed by atoms with E-state index in [1.165, 1.54) is 77.5 Å². The molecule has 2 heterocycles. The molecule has 0 aromatic rings. The van der Waals surface area contributed by atoms with Crippen molar-refractivity contribution in [3.05, 3.63) is 0 Å². The van der Waals surface area contributed by atoms with E-state index in [0.29, 0.717) is 5.54 Å². The molecule has 0 unspecified atom stereocenters. The van der Waals surface area contributed by atoms with E-state index in [1.54, 1.807) is 0 Å². The van der Waals surface area contributed by atoms with Gasteiger partial charge in [0, 0.05) is 31.8 Å². The summed E-state index contributed by atoms with van der Waals surface area (Å²) in [7, 11) is 0. The van der Waals surface area contributed by atoms with Crippen molar-refractivity contribution in [1.82, 2.24) is 10.2 Å². The van der Waals surface area contributed by atoms with Crippen LogP contribution in [-0.4, -0.2) is 49.8 Å². The average molecular weight is 266 g/mol. The topological polar surface area (TPSA) is 24.5 Å². The summed E-state index contributed by atoms with van der Waals surface area (Å²) in [6, 6.07) is 0. The molecule has 2 saturated heterocycles. The van der Waals surface area contributed by atoms with Crippen LogP contribution >= 0.6 is 0 Å². The van der Waals surface area contributed by atoms with Gasteiger partial charge in [-0.3, -0.25) is 0 Å². The minimum atomic E-state index is 0.458. The summed E-state index contributed by atoms with van der Waals surface area (Å²) < 4.78 is 5.49. The van der Waals surface area contributed by atoms with Crippen molar-refractivity contribution in [3.63, 3.8) is 0 Å². The van der Waals surface area contributed by atoms with E-state index in [1.807, 2.05) is 0 Å². The Morgan fingerprint density at radius 3 is 2.63 bits per heavy atom. The molecule has 0 aromatic heterocycles. The van der Waals surface area contributed by atoms with Crippen LogP contribution in [-0.2, 0) is 4.74 Å². The monoisotopic (exact) mass is 266 g/mol. The lowest BCUT2D eigenvalue weighted by atomic mass is 9.81. The van der Waals surface area contributed by atoms with E-state index in [-0.39, 0.29) is 0 Å². The molecular formula is C16H30N2O. The first-order valence-electron chi connectivity index (χ1n) is 8.41. The second-order valence-corrected chi connectivity index (χ2v) is 6.91. The molecule has 3 fully saturated rings. The first-order chi connectivity index (χ1) is 9.36. The highest BCUT2D eigenvalue weighted by atomic mass is 16.5. The van der Waals surface area contributed by atoms with Gasteiger partial charge in [-0.2, -0.15) is 0 Å². The van der Waals surface area contributed by atoms with Crippen LogP contribution in [0.5, 0.6) is 0 Å². The predicted molar refractivity (Wildman–Crippen MR) is 78.4 cm³/mol. The van der Waals surface area contributed by atoms with E-state index in [2.05, 4.69) is 10.2 Å². The molecule has 3 aliphatic rings. The SMILES string of the molecule is C1CCC2(CC1)CN(CC1CCOCC1)CCCN2. The highest BCUT2D eigenvalue weighted by molar-refractivity contribution is 4.95. The fraction of sp³-hybridized carbons (Fsp3) is 1.00. The third-order valence-corrected chi connectivity index (χ3v) is 5.35. The quantitative estimate of drug-likeness (QED) is 0.830. The maximum absolute atomic E-state index is 5.49. The van der Waals surface area contributed by atoms with Gasteiger partial charge in [-0.1, -0.05) is 19.3 Å². The Balaban J connectivity index is 1.57. The highest BCUT2D eigenvalue weighted by Gasteiger charge is 2.35. The van der Waals surface area contributed by atoms with Crippen molar-refractivity contribution in [2.45, 2.75) is 56.9 Å². The number of nitrogens with one attached hydrogen (secondary N) is 1. The van der Waals surface area contributed by atoms with Crippen molar-refractivity contribution in [3.8, 4) is 0 Å². The number of hydrogen-bond acceptors (Lipinski definition) is 3. The molecular weight excluding hydrogens is 236 g/mol. The minimum absolute atomic E-state index is 0.458. The molecule has 2 aliphatic heterocycles. The second-order valence-electron chi connectivity index (χ2n) is 6.91. The molecule has 19 heavy (non-hydrogen) atoms. The van der Waals surface area contributed by atoms with Crippen LogP contribution in [0.4, 0.5) is 0 Å². The van der Waals surface area contributed by atoms with Gasteiger partial charge in [-0.05, 0) is 51.1 Å². The van der Waals surface area contributed by atoms with Crippen molar-refractivity contribution in [2.24, 2.45) is 5.92 Å². The Labute approximate surface area is 118 Å². The Hall–Kier alpha value is -0.120. The molecule has 0 radical (unpaired) electrons. The molecule has 3 nitrogen and oxygen atoms in total. The molecule has 1 saturated carbocycles. The number of ether oxygens (including phenoxy) is 1. The lowest BCUT2D eigenvalue weighted by Gasteiger charge is -2.41. The Morgan fingerprint density at radius 2 is 1.84 bits per heavy atom. The van der Waals surface area contributed by atoms with E-state index in [4.69, 9.17) is 4.74 Å². The third-order valence-electron chi connectivity index (χ3n) is 5.35. The maximum atomic E-state index is 5.49. The fourth-order valence-corrected chi connectivity index (χ4v) is 4.23. The van der Waals surface area contributed by atoms with E-state index >= 15 is 0 Å². The zero-order valence-corrected chi connectivity index (χ0v) is 12.3. The summed E-state index contributed by atoms with van der Waals surface area (Å²) >= 11 is 0. The Bertz CT molecular complexity index is 270. The minimum Gasteiger partial charge on any atom is -0.381 e. The lowest BCUT2D eigenvalue weighted by molar-refractivity contribution is 0.0479. The summed E-state index contributed by atoms with van der Waals surface area (Å²) in [5.74, 6) is 0.882. The smallest absolute Gasteiger partial charge is 0.0469 e. The van der Waals surface area contributed by atoms with E-state index < -0.39 is 0 Å². The molecule has 1 spiro atoms. The number of hydrogen-bond donors (Lipinski definition) is 1. The summed E-state index contributed by atoms with van der Waals surface area (Å²) in [6.07, 6.45) is 11.0. The lowest BCUT2D eigenvalue weighted by Crippen LogP contribution is -2.53. The molecule has 0 aromatic carbocycles. The van der Waals surface area contributed by atoms with Gasteiger partial charge in [0.25, 0.3) is 0 Å². The van der Waals surface area contributed by atoms with Crippen molar-refractivity contribution in [1.29, 1.82) is 0 Å². The van der Waals surface area contributed by atoms with Crippen LogP contribution < -0.4 is 5.32 Å². The summed E-state index contributed by atoms with van der Waals surface area (Å²) in [5.41, 5.74) is 0.458. The largest absolute Gasteiger partial charge is 0.381 e. The van der Waals surface area contributed by atoms with Gasteiger partial charge >= 0.3 is 0 Å². The summed E-state index contributed by atoms with van der Waals surface area (Å²) in [4.78, 5) is 2.77. The van der Waals surface area contributed by atoms with Crippen molar-refractivity contribution >= 4 is 0 Å². The third kappa shape index (κ3) is 3.71. The molecule has 3 rings (SSSR count). The number of nitrogens with zero attached hydrogens (tertiary/aromatic N) is 1. The molecule has 0 bridgehead atoms. The Kier molecular flexibility index (Phi) is 4.78. The normalized spacial score (nSPS) is 30.3. The zero-order chi connectivity index (χ0) is 13.0. The van der Waals surface area contributed by atoms with Crippen LogP contribution in [0.2, 0.25) is 0 Å². The molecule has 1 aliphatic carbocycles. The van der Waals surface area contributed by atoms with Crippen LogP contribution in [0.25, 0.3) is 0 Å². The molecule has 110 valence electrons. The zero-order valence-electron chi connectivity index (χ0n) is 12.3. The average Bonchev–Trinajstić information content (AvgIpc) is 2.63. The van der Waals surface area contributed by atoms with Crippen molar-refractivity contribution in [2.75, 3.05) is 39.4 Å². The van der Waals surface area contributed by atoms with Gasteiger partial charge in [0.1, 0.15) is 0 Å². The van der Waals surface area contributed by atoms with Gasteiger partial charge in [-0.15, -0.1) is 0 Å². The summed E-state index contributed by atoms with van der Waals surface area (Å²) in [6.45, 7) is 7.11. The second kappa shape index (κ2) is 6.55. The van der Waals surface area contributed by atoms with Crippen LogP contribution in [0.15, 0.2) is 0 Å². The first kappa shape index (κ1) is 13.8. The van der Waals surface area contributed by atoms with Gasteiger partial charge in [0.15, 0.2) is 0 Å². The molecule has 0 amide bonds. The first-order valence-corrected chi connectivity index (χ1v) is 8.41. The Morgan fingerprint density at radius 1 is 1.05 bits per heavy atom. The molecule has 1 N–H and O–H groups in total. The number of rotatable bonds is 2. The highest BCUT2D eigenvalue weighted by Crippen LogP contribution is 2.31. The van der Waals surface area contributed by atoms with E-state index in [9.17, 15) is 0 Å². The van der Waals surface area contributed by atoms with E-state index in [0.717, 1.165) is 19.1 Å². The summed E-state index contributed by atoms with van der Waals surface area (Å²) in [5, 5.41) is 3.90. The molecule has 0 atom stereocenters. The van der Waals surface area contributed by atoms with Gasteiger partial charge in [0.05, 0.1) is 0 Å². The fourth-order valence-electron chi connectivity index (χ4n) is 4.23. The maximum Gasteiger partial charge on any atom is 0.0469 e. The van der Waals surface area contributed by atoms with Crippen molar-refractivity contribution < 1.29 is 4.74 Å². The predicted octanol–water partition coefficient (Wildman–Crippen LogP) is 2.41. The van der Waals surface area contributed by atoms with Crippen LogP contribution in [0.3, 0.4) is 0 Å². The van der Waals surface area contributed by atoms with Crippen LogP contribution in [0.1, 0.15) is 51.4 Å².